The number of nitrogens with zero attached hydrogens (tertiary/aromatic N) is 1. The Balaban J connectivity index is 1.89. The molecule has 0 radical (unpaired) electrons. The topological polar surface area (TPSA) is 66.8 Å². The largest absolute Gasteiger partial charge is 0.507 e. The van der Waals surface area contributed by atoms with Crippen molar-refractivity contribution < 1.29 is 19.4 Å². The van der Waals surface area contributed by atoms with E-state index in [1.54, 1.807) is 6.07 Å². The van der Waals surface area contributed by atoms with Crippen molar-refractivity contribution in [3.63, 3.8) is 0 Å². The molecular weight excluding hydrogens is 458 g/mol. The van der Waals surface area contributed by atoms with Crippen molar-refractivity contribution in [2.24, 2.45) is 0 Å². The molecule has 3 aromatic rings. The zero-order chi connectivity index (χ0) is 25.3. The van der Waals surface area contributed by atoms with Crippen molar-refractivity contribution in [3.05, 3.63) is 87.1 Å². The number of amides is 1. The molecule has 1 unspecified atom stereocenters. The minimum atomic E-state index is -0.702. The van der Waals surface area contributed by atoms with Gasteiger partial charge in [0.25, 0.3) is 11.7 Å². The first kappa shape index (κ1) is 24.7. The summed E-state index contributed by atoms with van der Waals surface area (Å²) in [4.78, 5) is 29.0. The van der Waals surface area contributed by atoms with Crippen LogP contribution in [0.25, 0.3) is 5.76 Å². The van der Waals surface area contributed by atoms with E-state index in [0.29, 0.717) is 17.9 Å². The highest BCUT2D eigenvalue weighted by Gasteiger charge is 2.47. The minimum Gasteiger partial charge on any atom is -0.507 e. The Hall–Kier alpha value is -3.38. The normalized spacial score (nSPS) is 17.7. The molecule has 6 heteroatoms. The average Bonchev–Trinajstić information content (AvgIpc) is 3.45. The summed E-state index contributed by atoms with van der Waals surface area (Å²) in [7, 11) is 0. The molecule has 1 aliphatic rings. The summed E-state index contributed by atoms with van der Waals surface area (Å²) in [6.45, 7) is 10.7. The number of thiophene rings is 1. The standard InChI is InChI=1S/C29H31NO4S/c1-6-18-10-13-20(14-11-18)30-25(23-9-8-16-35-23)24(27(32)28(30)33)26(31)19-12-15-22(34-7-2)21(17-19)29(3,4)5/h8-17,25,31H,6-7H2,1-5H3/b26-24-. The number of aryl methyl sites for hydroxylation is 1. The quantitative estimate of drug-likeness (QED) is 0.240. The summed E-state index contributed by atoms with van der Waals surface area (Å²) in [6.07, 6.45) is 0.876. The van der Waals surface area contributed by atoms with Crippen molar-refractivity contribution in [2.75, 3.05) is 11.5 Å². The van der Waals surface area contributed by atoms with Crippen LogP contribution in [-0.2, 0) is 21.4 Å². The predicted octanol–water partition coefficient (Wildman–Crippen LogP) is 6.63. The molecule has 182 valence electrons. The molecular formula is C29H31NO4S. The van der Waals surface area contributed by atoms with Gasteiger partial charge in [-0.25, -0.2) is 0 Å². The van der Waals surface area contributed by atoms with Gasteiger partial charge in [-0.05, 0) is 66.1 Å². The smallest absolute Gasteiger partial charge is 0.300 e. The zero-order valence-electron chi connectivity index (χ0n) is 20.8. The second kappa shape index (κ2) is 9.70. The summed E-state index contributed by atoms with van der Waals surface area (Å²) in [5, 5.41) is 13.4. The van der Waals surface area contributed by atoms with Gasteiger partial charge in [-0.2, -0.15) is 0 Å². The molecule has 1 N–H and O–H groups in total. The molecule has 0 aliphatic carbocycles. The van der Waals surface area contributed by atoms with E-state index in [9.17, 15) is 14.7 Å². The summed E-state index contributed by atoms with van der Waals surface area (Å²) < 4.78 is 5.81. The highest BCUT2D eigenvalue weighted by Crippen LogP contribution is 2.44. The van der Waals surface area contributed by atoms with Crippen LogP contribution in [0, 0.1) is 0 Å². The van der Waals surface area contributed by atoms with E-state index in [4.69, 9.17) is 4.74 Å². The van der Waals surface area contributed by atoms with Crippen LogP contribution < -0.4 is 9.64 Å². The van der Waals surface area contributed by atoms with Gasteiger partial charge < -0.3 is 9.84 Å². The molecule has 1 aromatic heterocycles. The molecule has 4 rings (SSSR count). The van der Waals surface area contributed by atoms with E-state index < -0.39 is 17.7 Å². The first-order valence-electron chi connectivity index (χ1n) is 11.9. The maximum absolute atomic E-state index is 13.4. The number of Topliss-reactive ketones (excluding diaryl/α,β-unsaturated/α-hetero) is 1. The monoisotopic (exact) mass is 489 g/mol. The Morgan fingerprint density at radius 2 is 1.77 bits per heavy atom. The molecule has 1 amide bonds. The first-order chi connectivity index (χ1) is 16.7. The third-order valence-electron chi connectivity index (χ3n) is 6.24. The molecule has 2 aromatic carbocycles. The Kier molecular flexibility index (Phi) is 6.86. The average molecular weight is 490 g/mol. The predicted molar refractivity (Wildman–Crippen MR) is 141 cm³/mol. The van der Waals surface area contributed by atoms with Crippen LogP contribution in [0.5, 0.6) is 5.75 Å². The minimum absolute atomic E-state index is 0.0982. The number of aliphatic hydroxyl groups excluding tert-OH is 1. The fourth-order valence-electron chi connectivity index (χ4n) is 4.41. The molecule has 1 saturated heterocycles. The fraction of sp³-hybridized carbons (Fsp3) is 0.310. The summed E-state index contributed by atoms with van der Waals surface area (Å²) in [5.74, 6) is -0.770. The lowest BCUT2D eigenvalue weighted by atomic mass is 9.84. The third-order valence-corrected chi connectivity index (χ3v) is 7.17. The number of ether oxygens (including phenoxy) is 1. The second-order valence-corrected chi connectivity index (χ2v) is 10.6. The molecule has 35 heavy (non-hydrogen) atoms. The number of ketones is 1. The lowest BCUT2D eigenvalue weighted by molar-refractivity contribution is -0.132. The van der Waals surface area contributed by atoms with Crippen LogP contribution >= 0.6 is 11.3 Å². The van der Waals surface area contributed by atoms with Gasteiger partial charge in [0.2, 0.25) is 0 Å². The summed E-state index contributed by atoms with van der Waals surface area (Å²) in [6, 6.07) is 16.1. The van der Waals surface area contributed by atoms with Crippen molar-refractivity contribution in [1.29, 1.82) is 0 Å². The van der Waals surface area contributed by atoms with Gasteiger partial charge >= 0.3 is 0 Å². The molecule has 0 spiro atoms. The number of benzene rings is 2. The Bertz CT molecular complexity index is 1270. The van der Waals surface area contributed by atoms with Crippen molar-refractivity contribution >= 4 is 34.5 Å². The number of anilines is 1. The van der Waals surface area contributed by atoms with Crippen LogP contribution in [0.3, 0.4) is 0 Å². The number of aliphatic hydroxyl groups is 1. The summed E-state index contributed by atoms with van der Waals surface area (Å²) in [5.41, 5.74) is 3.02. The molecule has 0 bridgehead atoms. The maximum Gasteiger partial charge on any atom is 0.300 e. The molecule has 2 heterocycles. The van der Waals surface area contributed by atoms with Gasteiger partial charge in [-0.1, -0.05) is 45.9 Å². The van der Waals surface area contributed by atoms with Crippen LogP contribution in [0.2, 0.25) is 0 Å². The van der Waals surface area contributed by atoms with E-state index in [1.807, 2.05) is 60.8 Å². The Morgan fingerprint density at radius 3 is 2.34 bits per heavy atom. The molecule has 1 atom stereocenters. The molecule has 1 fully saturated rings. The van der Waals surface area contributed by atoms with E-state index in [2.05, 4.69) is 27.7 Å². The highest BCUT2D eigenvalue weighted by atomic mass is 32.1. The van der Waals surface area contributed by atoms with Crippen LogP contribution in [0.1, 0.15) is 62.2 Å². The van der Waals surface area contributed by atoms with Crippen LogP contribution in [0.15, 0.2) is 65.6 Å². The maximum atomic E-state index is 13.4. The lowest BCUT2D eigenvalue weighted by Crippen LogP contribution is -2.29. The zero-order valence-corrected chi connectivity index (χ0v) is 21.6. The Morgan fingerprint density at radius 1 is 1.06 bits per heavy atom. The van der Waals surface area contributed by atoms with Crippen molar-refractivity contribution in [1.82, 2.24) is 0 Å². The van der Waals surface area contributed by atoms with Crippen LogP contribution in [0.4, 0.5) is 5.69 Å². The Labute approximate surface area is 210 Å². The van der Waals surface area contributed by atoms with Gasteiger partial charge in [0.1, 0.15) is 17.6 Å². The van der Waals surface area contributed by atoms with Gasteiger partial charge in [0.15, 0.2) is 0 Å². The van der Waals surface area contributed by atoms with Crippen molar-refractivity contribution in [3.8, 4) is 5.75 Å². The lowest BCUT2D eigenvalue weighted by Gasteiger charge is -2.25. The van der Waals surface area contributed by atoms with Gasteiger partial charge in [0.05, 0.1) is 12.2 Å². The third kappa shape index (κ3) is 4.63. The van der Waals surface area contributed by atoms with E-state index >= 15 is 0 Å². The SMILES string of the molecule is CCOc1ccc(/C(O)=C2/C(=O)C(=O)N(c3ccc(CC)cc3)C2c2cccs2)cc1C(C)(C)C. The molecule has 1 aliphatic heterocycles. The number of hydrogen-bond acceptors (Lipinski definition) is 5. The van der Waals surface area contributed by atoms with Gasteiger partial charge in [-0.15, -0.1) is 11.3 Å². The highest BCUT2D eigenvalue weighted by molar-refractivity contribution is 7.10. The van der Waals surface area contributed by atoms with E-state index in [-0.39, 0.29) is 16.7 Å². The van der Waals surface area contributed by atoms with Gasteiger partial charge in [0, 0.05) is 21.7 Å². The second-order valence-electron chi connectivity index (χ2n) is 9.60. The number of hydrogen-bond donors (Lipinski definition) is 1. The first-order valence-corrected chi connectivity index (χ1v) is 12.8. The molecule has 5 nitrogen and oxygen atoms in total. The number of rotatable bonds is 6. The van der Waals surface area contributed by atoms with Crippen molar-refractivity contribution in [2.45, 2.75) is 52.5 Å². The number of carbonyl (C=O) groups excluding carboxylic acids is 2. The summed E-state index contributed by atoms with van der Waals surface area (Å²) >= 11 is 1.45. The van der Waals surface area contributed by atoms with E-state index in [0.717, 1.165) is 28.2 Å². The number of carbonyl (C=O) groups is 2. The fourth-order valence-corrected chi connectivity index (χ4v) is 5.23. The van der Waals surface area contributed by atoms with E-state index in [1.165, 1.54) is 16.2 Å². The van der Waals surface area contributed by atoms with Gasteiger partial charge in [-0.3, -0.25) is 14.5 Å². The van der Waals surface area contributed by atoms with Crippen LogP contribution in [-0.4, -0.2) is 23.4 Å². The molecule has 0 saturated carbocycles.